The summed E-state index contributed by atoms with van der Waals surface area (Å²) in [6.07, 6.45) is 0. The van der Waals surface area contributed by atoms with Gasteiger partial charge < -0.3 is 9.15 Å². The molecule has 0 spiro atoms. The number of carbonyl (C=O) groups excluding carboxylic acids is 1. The fraction of sp³-hybridized carbons (Fsp3) is 0.200. The number of methoxy groups -OCH3 is 1. The molecule has 0 saturated carbocycles. The Balaban J connectivity index is 2.09. The molecule has 0 amide bonds. The number of aromatic nitrogens is 1. The van der Waals surface area contributed by atoms with Gasteiger partial charge in [-0.25, -0.2) is 4.79 Å². The molecule has 0 unspecified atom stereocenters. The molecule has 6 heteroatoms. The molecule has 2 heterocycles. The van der Waals surface area contributed by atoms with Crippen molar-refractivity contribution < 1.29 is 13.9 Å². The predicted octanol–water partition coefficient (Wildman–Crippen LogP) is 2.92. The maximum absolute atomic E-state index is 12.5. The smallest absolute Gasteiger partial charge is 0.419 e. The summed E-state index contributed by atoms with van der Waals surface area (Å²) in [4.78, 5) is 24.7. The summed E-state index contributed by atoms with van der Waals surface area (Å²) in [5.74, 6) is -0.000807. The van der Waals surface area contributed by atoms with E-state index in [0.29, 0.717) is 33.8 Å². The van der Waals surface area contributed by atoms with E-state index < -0.39 is 5.76 Å². The number of thiophene rings is 1. The Labute approximate surface area is 124 Å². The van der Waals surface area contributed by atoms with Crippen molar-refractivity contribution in [2.24, 2.45) is 0 Å². The standard InChI is InChI=1S/C15H13NO4S/c1-3-16-10-5-4-9(8-12(10)20-15(16)18)13(17)14-11(19-2)6-7-21-14/h4-8H,3H2,1-2H3. The van der Waals surface area contributed by atoms with Gasteiger partial charge in [0.25, 0.3) is 0 Å². The lowest BCUT2D eigenvalue weighted by molar-refractivity contribution is 0.104. The maximum atomic E-state index is 12.5. The Hall–Kier alpha value is -2.34. The average Bonchev–Trinajstić information content (AvgIpc) is 3.08. The quantitative estimate of drug-likeness (QED) is 0.695. The van der Waals surface area contributed by atoms with E-state index in [1.807, 2.05) is 6.92 Å². The van der Waals surface area contributed by atoms with Crippen LogP contribution >= 0.6 is 11.3 Å². The molecule has 0 aliphatic rings. The number of ether oxygens (including phenoxy) is 1. The minimum atomic E-state index is -0.411. The molecule has 108 valence electrons. The van der Waals surface area contributed by atoms with Gasteiger partial charge >= 0.3 is 5.76 Å². The normalized spacial score (nSPS) is 11.0. The van der Waals surface area contributed by atoms with E-state index in [-0.39, 0.29) is 5.78 Å². The number of rotatable bonds is 4. The van der Waals surface area contributed by atoms with Crippen LogP contribution in [0.5, 0.6) is 5.75 Å². The lowest BCUT2D eigenvalue weighted by Gasteiger charge is -2.02. The van der Waals surface area contributed by atoms with Crippen molar-refractivity contribution in [1.82, 2.24) is 4.57 Å². The minimum Gasteiger partial charge on any atom is -0.495 e. The third kappa shape index (κ3) is 2.17. The Kier molecular flexibility index (Phi) is 3.39. The summed E-state index contributed by atoms with van der Waals surface area (Å²) >= 11 is 1.32. The van der Waals surface area contributed by atoms with Crippen molar-refractivity contribution >= 4 is 28.2 Å². The van der Waals surface area contributed by atoms with Crippen LogP contribution in [0.15, 0.2) is 38.9 Å². The summed E-state index contributed by atoms with van der Waals surface area (Å²) in [5, 5.41) is 1.80. The second-order valence-corrected chi connectivity index (χ2v) is 5.36. The third-order valence-corrected chi connectivity index (χ3v) is 4.20. The Bertz CT molecular complexity index is 871. The molecule has 0 bridgehead atoms. The summed E-state index contributed by atoms with van der Waals surface area (Å²) in [6, 6.07) is 6.79. The molecule has 0 radical (unpaired) electrons. The SMILES string of the molecule is CCn1c(=O)oc2cc(C(=O)c3sccc3OC)ccc21. The highest BCUT2D eigenvalue weighted by Crippen LogP contribution is 2.28. The highest BCUT2D eigenvalue weighted by molar-refractivity contribution is 7.12. The fourth-order valence-electron chi connectivity index (χ4n) is 2.26. The van der Waals surface area contributed by atoms with E-state index >= 15 is 0 Å². The molecule has 1 aromatic carbocycles. The number of carbonyl (C=O) groups is 1. The lowest BCUT2D eigenvalue weighted by atomic mass is 10.1. The first-order valence-corrected chi connectivity index (χ1v) is 7.33. The first kappa shape index (κ1) is 13.6. The van der Waals surface area contributed by atoms with Crippen LogP contribution in [0.3, 0.4) is 0 Å². The van der Waals surface area contributed by atoms with Gasteiger partial charge in [0.2, 0.25) is 5.78 Å². The Morgan fingerprint density at radius 2 is 2.19 bits per heavy atom. The summed E-state index contributed by atoms with van der Waals surface area (Å²) in [7, 11) is 1.53. The van der Waals surface area contributed by atoms with Crippen LogP contribution in [0.4, 0.5) is 0 Å². The number of oxazole rings is 1. The molecular weight excluding hydrogens is 290 g/mol. The van der Waals surface area contributed by atoms with Gasteiger partial charge in [-0.2, -0.15) is 0 Å². The number of fused-ring (bicyclic) bond motifs is 1. The molecule has 0 atom stereocenters. The number of ketones is 1. The Morgan fingerprint density at radius 1 is 1.38 bits per heavy atom. The second kappa shape index (κ2) is 5.21. The van der Waals surface area contributed by atoms with Crippen molar-refractivity contribution in [1.29, 1.82) is 0 Å². The van der Waals surface area contributed by atoms with Gasteiger partial charge in [0, 0.05) is 12.1 Å². The van der Waals surface area contributed by atoms with Crippen molar-refractivity contribution in [3.8, 4) is 5.75 Å². The largest absolute Gasteiger partial charge is 0.495 e. The van der Waals surface area contributed by atoms with E-state index in [4.69, 9.17) is 9.15 Å². The van der Waals surface area contributed by atoms with Gasteiger partial charge in [-0.05, 0) is 36.6 Å². The molecule has 21 heavy (non-hydrogen) atoms. The zero-order chi connectivity index (χ0) is 15.0. The molecule has 5 nitrogen and oxygen atoms in total. The predicted molar refractivity (Wildman–Crippen MR) is 80.5 cm³/mol. The lowest BCUT2D eigenvalue weighted by Crippen LogP contribution is -2.11. The van der Waals surface area contributed by atoms with E-state index in [1.54, 1.807) is 29.6 Å². The highest BCUT2D eigenvalue weighted by Gasteiger charge is 2.18. The number of nitrogens with zero attached hydrogens (tertiary/aromatic N) is 1. The van der Waals surface area contributed by atoms with E-state index in [9.17, 15) is 9.59 Å². The van der Waals surface area contributed by atoms with E-state index in [1.165, 1.54) is 23.0 Å². The Morgan fingerprint density at radius 3 is 2.90 bits per heavy atom. The molecule has 3 rings (SSSR count). The third-order valence-electron chi connectivity index (χ3n) is 3.30. The van der Waals surface area contributed by atoms with E-state index in [0.717, 1.165) is 0 Å². The number of benzene rings is 1. The van der Waals surface area contributed by atoms with Crippen LogP contribution < -0.4 is 10.5 Å². The monoisotopic (exact) mass is 303 g/mol. The fourth-order valence-corrected chi connectivity index (χ4v) is 3.08. The molecule has 2 aromatic heterocycles. The second-order valence-electron chi connectivity index (χ2n) is 4.44. The first-order chi connectivity index (χ1) is 10.2. The summed E-state index contributed by atoms with van der Waals surface area (Å²) in [5.41, 5.74) is 1.58. The average molecular weight is 303 g/mol. The number of aryl methyl sites for hydroxylation is 1. The highest BCUT2D eigenvalue weighted by atomic mass is 32.1. The van der Waals surface area contributed by atoms with Crippen LogP contribution in [0.25, 0.3) is 11.1 Å². The molecule has 0 aliphatic carbocycles. The zero-order valence-corrected chi connectivity index (χ0v) is 12.4. The van der Waals surface area contributed by atoms with E-state index in [2.05, 4.69) is 0 Å². The molecular formula is C15H13NO4S. The van der Waals surface area contributed by atoms with Crippen molar-refractivity contribution in [2.45, 2.75) is 13.5 Å². The van der Waals surface area contributed by atoms with Crippen LogP contribution in [0.1, 0.15) is 22.2 Å². The number of hydrogen-bond acceptors (Lipinski definition) is 5. The van der Waals surface area contributed by atoms with Crippen LogP contribution in [0.2, 0.25) is 0 Å². The molecule has 0 saturated heterocycles. The van der Waals surface area contributed by atoms with Gasteiger partial charge in [0.15, 0.2) is 5.58 Å². The van der Waals surface area contributed by atoms with Gasteiger partial charge in [0.05, 0.1) is 12.6 Å². The van der Waals surface area contributed by atoms with Crippen LogP contribution in [-0.4, -0.2) is 17.5 Å². The van der Waals surface area contributed by atoms with Gasteiger partial charge in [-0.15, -0.1) is 11.3 Å². The van der Waals surface area contributed by atoms with Crippen LogP contribution in [0, 0.1) is 0 Å². The summed E-state index contributed by atoms with van der Waals surface area (Å²) in [6.45, 7) is 2.39. The van der Waals surface area contributed by atoms with Crippen molar-refractivity contribution in [3.05, 3.63) is 50.6 Å². The summed E-state index contributed by atoms with van der Waals surface area (Å²) < 4.78 is 11.9. The molecule has 0 fully saturated rings. The number of hydrogen-bond donors (Lipinski definition) is 0. The van der Waals surface area contributed by atoms with Crippen LogP contribution in [-0.2, 0) is 6.54 Å². The molecule has 0 aliphatic heterocycles. The molecule has 0 N–H and O–H groups in total. The van der Waals surface area contributed by atoms with Crippen molar-refractivity contribution in [3.63, 3.8) is 0 Å². The maximum Gasteiger partial charge on any atom is 0.419 e. The zero-order valence-electron chi connectivity index (χ0n) is 11.6. The molecule has 3 aromatic rings. The topological polar surface area (TPSA) is 61.4 Å². The minimum absolute atomic E-state index is 0.143. The van der Waals surface area contributed by atoms with Gasteiger partial charge in [0.1, 0.15) is 10.6 Å². The first-order valence-electron chi connectivity index (χ1n) is 6.45. The van der Waals surface area contributed by atoms with Gasteiger partial charge in [-0.1, -0.05) is 0 Å². The van der Waals surface area contributed by atoms with Crippen molar-refractivity contribution in [2.75, 3.05) is 7.11 Å². The van der Waals surface area contributed by atoms with Gasteiger partial charge in [-0.3, -0.25) is 9.36 Å².